The van der Waals surface area contributed by atoms with E-state index in [0.717, 1.165) is 49.0 Å². The van der Waals surface area contributed by atoms with Gasteiger partial charge in [-0.3, -0.25) is 14.5 Å². The second kappa shape index (κ2) is 9.71. The van der Waals surface area contributed by atoms with Gasteiger partial charge in [0.05, 0.1) is 11.0 Å². The molecule has 0 saturated carbocycles. The zero-order chi connectivity index (χ0) is 22.7. The average molecular weight is 454 g/mol. The maximum Gasteiger partial charge on any atom is 0.272 e. The maximum atomic E-state index is 12.7. The fraction of sp³-hybridized carbons (Fsp3) is 0.375. The number of carbonyl (C=O) groups is 1. The van der Waals surface area contributed by atoms with Crippen LogP contribution in [0.3, 0.4) is 0 Å². The number of hydrogen-bond donors (Lipinski definition) is 1. The molecule has 0 spiro atoms. The molecule has 3 aromatic rings. The van der Waals surface area contributed by atoms with Gasteiger partial charge in [-0.05, 0) is 50.2 Å². The van der Waals surface area contributed by atoms with Crippen molar-refractivity contribution in [3.05, 3.63) is 69.1 Å². The van der Waals surface area contributed by atoms with E-state index < -0.39 is 0 Å². The van der Waals surface area contributed by atoms with Crippen LogP contribution in [0.15, 0.2) is 47.3 Å². The van der Waals surface area contributed by atoms with E-state index in [1.54, 1.807) is 29.7 Å². The van der Waals surface area contributed by atoms with Crippen LogP contribution in [0, 0.1) is 6.92 Å². The van der Waals surface area contributed by atoms with Crippen LogP contribution in [-0.4, -0.2) is 59.6 Å². The average Bonchev–Trinajstić information content (AvgIpc) is 2.80. The molecule has 1 aromatic heterocycles. The number of carbonyl (C=O) groups excluding carboxylic acids is 1. The lowest BCUT2D eigenvalue weighted by Crippen LogP contribution is -2.48. The second-order valence-electron chi connectivity index (χ2n) is 8.01. The van der Waals surface area contributed by atoms with Gasteiger partial charge < -0.3 is 14.8 Å². The quantitative estimate of drug-likeness (QED) is 0.621. The summed E-state index contributed by atoms with van der Waals surface area (Å²) in [5.41, 5.74) is 3.46. The Morgan fingerprint density at radius 3 is 2.62 bits per heavy atom. The largest absolute Gasteiger partial charge is 0.369 e. The van der Waals surface area contributed by atoms with Crippen LogP contribution in [0.4, 0.5) is 5.69 Å². The summed E-state index contributed by atoms with van der Waals surface area (Å²) in [6.07, 6.45) is 0. The van der Waals surface area contributed by atoms with Crippen molar-refractivity contribution in [1.29, 1.82) is 0 Å². The van der Waals surface area contributed by atoms with Crippen molar-refractivity contribution in [3.8, 4) is 0 Å². The van der Waals surface area contributed by atoms with Crippen molar-refractivity contribution < 1.29 is 4.79 Å². The van der Waals surface area contributed by atoms with Gasteiger partial charge in [0.2, 0.25) is 0 Å². The Kier molecular flexibility index (Phi) is 6.77. The summed E-state index contributed by atoms with van der Waals surface area (Å²) < 4.78 is 1.68. The van der Waals surface area contributed by atoms with Gasteiger partial charge in [0, 0.05) is 62.1 Å². The molecule has 4 rings (SSSR count). The van der Waals surface area contributed by atoms with Crippen LogP contribution in [0.25, 0.3) is 11.0 Å². The minimum atomic E-state index is -0.127. The highest BCUT2D eigenvalue weighted by Gasteiger charge is 2.17. The molecule has 0 bridgehead atoms. The lowest BCUT2D eigenvalue weighted by Gasteiger charge is -2.36. The van der Waals surface area contributed by atoms with E-state index in [0.29, 0.717) is 29.9 Å². The number of anilines is 1. The Labute approximate surface area is 192 Å². The first-order valence-electron chi connectivity index (χ1n) is 11.0. The number of aromatic nitrogens is 2. The molecular weight excluding hydrogens is 426 g/mol. The number of nitrogens with zero attached hydrogens (tertiary/aromatic N) is 4. The highest BCUT2D eigenvalue weighted by molar-refractivity contribution is 6.30. The summed E-state index contributed by atoms with van der Waals surface area (Å²) in [6, 6.07) is 13.3. The molecule has 1 fully saturated rings. The number of benzene rings is 2. The van der Waals surface area contributed by atoms with E-state index in [2.05, 4.69) is 26.2 Å². The highest BCUT2D eigenvalue weighted by Crippen LogP contribution is 2.20. The minimum absolute atomic E-state index is 0.0901. The molecule has 0 atom stereocenters. The van der Waals surface area contributed by atoms with Crippen molar-refractivity contribution in [2.75, 3.05) is 44.2 Å². The van der Waals surface area contributed by atoms with Crippen molar-refractivity contribution in [1.82, 2.24) is 19.8 Å². The molecule has 8 heteroatoms. The predicted molar refractivity (Wildman–Crippen MR) is 129 cm³/mol. The molecule has 1 saturated heterocycles. The summed E-state index contributed by atoms with van der Waals surface area (Å²) >= 11 is 6.11. The summed E-state index contributed by atoms with van der Waals surface area (Å²) in [5.74, 6) is -0.127. The SMILES string of the molecule is CCn1c(=O)c(C)nc2cc(C(=O)NCCN3CCN(c4cccc(Cl)c4)CC3)ccc21. The maximum absolute atomic E-state index is 12.7. The Morgan fingerprint density at radius 2 is 1.91 bits per heavy atom. The molecule has 1 aliphatic rings. The number of amides is 1. The number of aryl methyl sites for hydroxylation is 2. The monoisotopic (exact) mass is 453 g/mol. The van der Waals surface area contributed by atoms with Gasteiger partial charge in [-0.25, -0.2) is 4.98 Å². The molecule has 2 aromatic carbocycles. The molecule has 1 aliphatic heterocycles. The molecule has 0 unspecified atom stereocenters. The van der Waals surface area contributed by atoms with Crippen LogP contribution < -0.4 is 15.8 Å². The smallest absolute Gasteiger partial charge is 0.272 e. The highest BCUT2D eigenvalue weighted by atomic mass is 35.5. The molecule has 2 heterocycles. The normalized spacial score (nSPS) is 14.7. The summed E-state index contributed by atoms with van der Waals surface area (Å²) in [4.78, 5) is 34.0. The lowest BCUT2D eigenvalue weighted by molar-refractivity contribution is 0.0948. The van der Waals surface area contributed by atoms with E-state index in [4.69, 9.17) is 11.6 Å². The van der Waals surface area contributed by atoms with Gasteiger partial charge >= 0.3 is 0 Å². The second-order valence-corrected chi connectivity index (χ2v) is 8.45. The molecule has 0 aliphatic carbocycles. The first-order valence-corrected chi connectivity index (χ1v) is 11.4. The molecule has 168 valence electrons. The van der Waals surface area contributed by atoms with E-state index in [9.17, 15) is 9.59 Å². The molecule has 7 nitrogen and oxygen atoms in total. The van der Waals surface area contributed by atoms with Gasteiger partial charge in [0.15, 0.2) is 0 Å². The lowest BCUT2D eigenvalue weighted by atomic mass is 10.1. The molecular formula is C24H28ClN5O2. The zero-order valence-electron chi connectivity index (χ0n) is 18.5. The number of hydrogen-bond acceptors (Lipinski definition) is 5. The van der Waals surface area contributed by atoms with E-state index >= 15 is 0 Å². The van der Waals surface area contributed by atoms with Crippen LogP contribution >= 0.6 is 11.6 Å². The predicted octanol–water partition coefficient (Wildman–Crippen LogP) is 2.93. The van der Waals surface area contributed by atoms with E-state index in [1.165, 1.54) is 0 Å². The van der Waals surface area contributed by atoms with Gasteiger partial charge in [0.1, 0.15) is 5.69 Å². The Bertz CT molecular complexity index is 1180. The van der Waals surface area contributed by atoms with Crippen molar-refractivity contribution in [2.24, 2.45) is 0 Å². The summed E-state index contributed by atoms with van der Waals surface area (Å²) in [5, 5.41) is 3.76. The molecule has 32 heavy (non-hydrogen) atoms. The summed E-state index contributed by atoms with van der Waals surface area (Å²) in [7, 11) is 0. The zero-order valence-corrected chi connectivity index (χ0v) is 19.2. The fourth-order valence-corrected chi connectivity index (χ4v) is 4.35. The number of halogens is 1. The standard InChI is InChI=1S/C24H28ClN5O2/c1-3-30-22-8-7-18(15-21(22)27-17(2)24(30)32)23(31)26-9-10-28-11-13-29(14-12-28)20-6-4-5-19(25)16-20/h4-8,15-16H,3,9-14H2,1-2H3,(H,26,31). The third-order valence-electron chi connectivity index (χ3n) is 5.95. The number of fused-ring (bicyclic) bond motifs is 1. The number of nitrogens with one attached hydrogen (secondary N) is 1. The van der Waals surface area contributed by atoms with Gasteiger partial charge in [-0.1, -0.05) is 17.7 Å². The van der Waals surface area contributed by atoms with E-state index in [-0.39, 0.29) is 11.5 Å². The van der Waals surface area contributed by atoms with Crippen molar-refractivity contribution in [3.63, 3.8) is 0 Å². The Morgan fingerprint density at radius 1 is 1.12 bits per heavy atom. The number of piperazine rings is 1. The molecule has 0 radical (unpaired) electrons. The third-order valence-corrected chi connectivity index (χ3v) is 6.18. The van der Waals surface area contributed by atoms with Crippen LogP contribution in [-0.2, 0) is 6.54 Å². The third kappa shape index (κ3) is 4.79. The van der Waals surface area contributed by atoms with Crippen LogP contribution in [0.1, 0.15) is 23.0 Å². The fourth-order valence-electron chi connectivity index (χ4n) is 4.16. The Hall–Kier alpha value is -2.90. The molecule has 1 amide bonds. The Balaban J connectivity index is 1.31. The minimum Gasteiger partial charge on any atom is -0.369 e. The number of rotatable bonds is 6. The van der Waals surface area contributed by atoms with Crippen molar-refractivity contribution >= 4 is 34.2 Å². The molecule has 1 N–H and O–H groups in total. The van der Waals surface area contributed by atoms with Crippen LogP contribution in [0.2, 0.25) is 5.02 Å². The van der Waals surface area contributed by atoms with E-state index in [1.807, 2.05) is 25.1 Å². The van der Waals surface area contributed by atoms with Gasteiger partial charge in [-0.2, -0.15) is 0 Å². The van der Waals surface area contributed by atoms with Gasteiger partial charge in [0.25, 0.3) is 11.5 Å². The van der Waals surface area contributed by atoms with Crippen LogP contribution in [0.5, 0.6) is 0 Å². The first kappa shape index (κ1) is 22.3. The van der Waals surface area contributed by atoms with Gasteiger partial charge in [-0.15, -0.1) is 0 Å². The topological polar surface area (TPSA) is 70.5 Å². The first-order chi connectivity index (χ1) is 15.5. The van der Waals surface area contributed by atoms with Crippen molar-refractivity contribution in [2.45, 2.75) is 20.4 Å². The summed E-state index contributed by atoms with van der Waals surface area (Å²) in [6.45, 7) is 9.32.